The maximum absolute atomic E-state index is 10.5. The van der Waals surface area contributed by atoms with Gasteiger partial charge in [0, 0.05) is 6.04 Å². The molecule has 0 aromatic heterocycles. The van der Waals surface area contributed by atoms with Crippen LogP contribution in [0.3, 0.4) is 0 Å². The number of aliphatic carboxylic acids is 1. The molecule has 0 rings (SSSR count). The van der Waals surface area contributed by atoms with Crippen LogP contribution >= 0.6 is 0 Å². The Hall–Kier alpha value is -0.570. The van der Waals surface area contributed by atoms with Crippen LogP contribution in [0.1, 0.15) is 64.7 Å². The Kier molecular flexibility index (Phi) is 10.5. The largest absolute Gasteiger partial charge is 0.481 e. The summed E-state index contributed by atoms with van der Waals surface area (Å²) in [6.45, 7) is 2.23. The van der Waals surface area contributed by atoms with E-state index in [-0.39, 0.29) is 12.5 Å². The molecule has 0 aliphatic carbocycles. The molecule has 0 saturated carbocycles. The van der Waals surface area contributed by atoms with Gasteiger partial charge in [-0.1, -0.05) is 51.9 Å². The third-order valence-electron chi connectivity index (χ3n) is 2.99. The van der Waals surface area contributed by atoms with E-state index in [4.69, 9.17) is 5.11 Å². The minimum Gasteiger partial charge on any atom is -0.481 e. The van der Waals surface area contributed by atoms with Crippen molar-refractivity contribution in [1.82, 2.24) is 5.32 Å². The SMILES string of the molecule is CCCCCCCCCC(CC(=O)O)NC. The summed E-state index contributed by atoms with van der Waals surface area (Å²) in [4.78, 5) is 10.5. The summed E-state index contributed by atoms with van der Waals surface area (Å²) in [7, 11) is 1.84. The highest BCUT2D eigenvalue weighted by molar-refractivity contribution is 5.67. The Labute approximate surface area is 99.6 Å². The number of carboxylic acid groups (broad SMARTS) is 1. The lowest BCUT2D eigenvalue weighted by Gasteiger charge is -2.13. The van der Waals surface area contributed by atoms with Crippen LogP contribution in [0.15, 0.2) is 0 Å². The van der Waals surface area contributed by atoms with Gasteiger partial charge in [0.25, 0.3) is 0 Å². The van der Waals surface area contributed by atoms with Crippen LogP contribution in [0.5, 0.6) is 0 Å². The van der Waals surface area contributed by atoms with Crippen molar-refractivity contribution in [2.24, 2.45) is 0 Å². The van der Waals surface area contributed by atoms with Crippen LogP contribution in [-0.2, 0) is 4.79 Å². The van der Waals surface area contributed by atoms with Crippen molar-refractivity contribution >= 4 is 5.97 Å². The number of carboxylic acids is 1. The highest BCUT2D eigenvalue weighted by atomic mass is 16.4. The smallest absolute Gasteiger partial charge is 0.304 e. The van der Waals surface area contributed by atoms with Gasteiger partial charge in [0.15, 0.2) is 0 Å². The van der Waals surface area contributed by atoms with Crippen LogP contribution in [0.2, 0.25) is 0 Å². The molecule has 0 aliphatic heterocycles. The summed E-state index contributed by atoms with van der Waals surface area (Å²) in [5.74, 6) is -0.706. The first-order valence-corrected chi connectivity index (χ1v) is 6.59. The number of rotatable bonds is 11. The van der Waals surface area contributed by atoms with Crippen molar-refractivity contribution < 1.29 is 9.90 Å². The van der Waals surface area contributed by atoms with E-state index in [0.717, 1.165) is 12.8 Å². The lowest BCUT2D eigenvalue weighted by atomic mass is 10.0. The zero-order chi connectivity index (χ0) is 12.2. The third kappa shape index (κ3) is 9.97. The summed E-state index contributed by atoms with van der Waals surface area (Å²) < 4.78 is 0. The predicted molar refractivity (Wildman–Crippen MR) is 67.7 cm³/mol. The molecule has 2 N–H and O–H groups in total. The first kappa shape index (κ1) is 15.4. The van der Waals surface area contributed by atoms with Gasteiger partial charge in [-0.25, -0.2) is 0 Å². The van der Waals surface area contributed by atoms with Crippen LogP contribution in [0.4, 0.5) is 0 Å². The topological polar surface area (TPSA) is 49.3 Å². The van der Waals surface area contributed by atoms with Crippen molar-refractivity contribution in [2.75, 3.05) is 7.05 Å². The Morgan fingerprint density at radius 2 is 1.69 bits per heavy atom. The third-order valence-corrected chi connectivity index (χ3v) is 2.99. The van der Waals surface area contributed by atoms with Gasteiger partial charge in [-0.2, -0.15) is 0 Å². The predicted octanol–water partition coefficient (Wildman–Crippen LogP) is 3.19. The summed E-state index contributed by atoms with van der Waals surface area (Å²) in [6.07, 6.45) is 10.2. The highest BCUT2D eigenvalue weighted by Gasteiger charge is 2.09. The fourth-order valence-electron chi connectivity index (χ4n) is 1.91. The van der Waals surface area contributed by atoms with E-state index in [2.05, 4.69) is 12.2 Å². The zero-order valence-electron chi connectivity index (χ0n) is 10.8. The number of hydrogen-bond acceptors (Lipinski definition) is 2. The first-order valence-electron chi connectivity index (χ1n) is 6.59. The van der Waals surface area contributed by atoms with E-state index < -0.39 is 5.97 Å². The molecule has 0 spiro atoms. The normalized spacial score (nSPS) is 12.6. The van der Waals surface area contributed by atoms with Gasteiger partial charge in [-0.3, -0.25) is 4.79 Å². The van der Waals surface area contributed by atoms with E-state index >= 15 is 0 Å². The number of unbranched alkanes of at least 4 members (excludes halogenated alkanes) is 6. The molecule has 1 unspecified atom stereocenters. The Morgan fingerprint density at radius 3 is 2.19 bits per heavy atom. The molecular formula is C13H27NO2. The maximum atomic E-state index is 10.5. The minimum atomic E-state index is -0.706. The van der Waals surface area contributed by atoms with Gasteiger partial charge in [-0.15, -0.1) is 0 Å². The number of nitrogens with one attached hydrogen (secondary N) is 1. The minimum absolute atomic E-state index is 0.146. The molecule has 16 heavy (non-hydrogen) atoms. The van der Waals surface area contributed by atoms with E-state index in [9.17, 15) is 4.79 Å². The molecule has 0 bridgehead atoms. The Bertz CT molecular complexity index is 171. The van der Waals surface area contributed by atoms with Gasteiger partial charge in [-0.05, 0) is 13.5 Å². The second kappa shape index (κ2) is 10.9. The molecule has 1 atom stereocenters. The zero-order valence-corrected chi connectivity index (χ0v) is 10.8. The second-order valence-electron chi connectivity index (χ2n) is 4.49. The maximum Gasteiger partial charge on any atom is 0.304 e. The molecule has 96 valence electrons. The molecule has 0 aromatic rings. The Morgan fingerprint density at radius 1 is 1.12 bits per heavy atom. The first-order chi connectivity index (χ1) is 7.70. The van der Waals surface area contributed by atoms with Crippen LogP contribution < -0.4 is 5.32 Å². The molecule has 3 nitrogen and oxygen atoms in total. The van der Waals surface area contributed by atoms with Gasteiger partial charge >= 0.3 is 5.97 Å². The molecule has 0 aromatic carbocycles. The average Bonchev–Trinajstić information content (AvgIpc) is 2.25. The van der Waals surface area contributed by atoms with Gasteiger partial charge in [0.05, 0.1) is 6.42 Å². The van der Waals surface area contributed by atoms with E-state index in [1.165, 1.54) is 38.5 Å². The Balaban J connectivity index is 3.31. The fourth-order valence-corrected chi connectivity index (χ4v) is 1.91. The van der Waals surface area contributed by atoms with Crippen molar-refractivity contribution in [3.05, 3.63) is 0 Å². The van der Waals surface area contributed by atoms with Crippen LogP contribution in [0.25, 0.3) is 0 Å². The van der Waals surface area contributed by atoms with E-state index in [1.54, 1.807) is 0 Å². The number of hydrogen-bond donors (Lipinski definition) is 2. The van der Waals surface area contributed by atoms with Crippen molar-refractivity contribution in [2.45, 2.75) is 70.8 Å². The lowest BCUT2D eigenvalue weighted by Crippen LogP contribution is -2.27. The van der Waals surface area contributed by atoms with Crippen molar-refractivity contribution in [3.63, 3.8) is 0 Å². The van der Waals surface area contributed by atoms with E-state index in [0.29, 0.717) is 0 Å². The van der Waals surface area contributed by atoms with Crippen LogP contribution in [-0.4, -0.2) is 24.2 Å². The molecule has 0 saturated heterocycles. The van der Waals surface area contributed by atoms with E-state index in [1.807, 2.05) is 7.05 Å². The summed E-state index contributed by atoms with van der Waals surface area (Å²) >= 11 is 0. The highest BCUT2D eigenvalue weighted by Crippen LogP contribution is 2.10. The molecule has 0 radical (unpaired) electrons. The van der Waals surface area contributed by atoms with Crippen LogP contribution in [0, 0.1) is 0 Å². The molecule has 0 aliphatic rings. The second-order valence-corrected chi connectivity index (χ2v) is 4.49. The summed E-state index contributed by atoms with van der Waals surface area (Å²) in [6, 6.07) is 0.146. The van der Waals surface area contributed by atoms with Crippen molar-refractivity contribution in [1.29, 1.82) is 0 Å². The molecular weight excluding hydrogens is 202 g/mol. The molecule has 0 heterocycles. The molecule has 0 amide bonds. The summed E-state index contributed by atoms with van der Waals surface area (Å²) in [5.41, 5.74) is 0. The van der Waals surface area contributed by atoms with Gasteiger partial charge in [0.1, 0.15) is 0 Å². The monoisotopic (exact) mass is 229 g/mol. The van der Waals surface area contributed by atoms with Crippen molar-refractivity contribution in [3.8, 4) is 0 Å². The quantitative estimate of drug-likeness (QED) is 0.535. The number of carbonyl (C=O) groups is 1. The molecule has 3 heteroatoms. The van der Waals surface area contributed by atoms with Gasteiger partial charge < -0.3 is 10.4 Å². The average molecular weight is 229 g/mol. The molecule has 0 fully saturated rings. The standard InChI is InChI=1S/C13H27NO2/c1-3-4-5-6-7-8-9-10-12(14-2)11-13(15)16/h12,14H,3-11H2,1-2H3,(H,15,16). The van der Waals surface area contributed by atoms with Gasteiger partial charge in [0.2, 0.25) is 0 Å². The fraction of sp³-hybridized carbons (Fsp3) is 0.923. The lowest BCUT2D eigenvalue weighted by molar-refractivity contribution is -0.137. The summed E-state index contributed by atoms with van der Waals surface area (Å²) in [5, 5.41) is 11.7.